The van der Waals surface area contributed by atoms with E-state index >= 15 is 0 Å². The van der Waals surface area contributed by atoms with E-state index < -0.39 is 0 Å². The van der Waals surface area contributed by atoms with Gasteiger partial charge in [0.2, 0.25) is 5.91 Å². The molecule has 4 rings (SSSR count). The van der Waals surface area contributed by atoms with Crippen molar-refractivity contribution in [3.63, 3.8) is 0 Å². The second-order valence-corrected chi connectivity index (χ2v) is 6.70. The number of rotatable bonds is 2. The molecule has 0 aliphatic carbocycles. The first-order valence-electron chi connectivity index (χ1n) is 8.06. The van der Waals surface area contributed by atoms with Gasteiger partial charge >= 0.3 is 0 Å². The lowest BCUT2D eigenvalue weighted by Crippen LogP contribution is -2.48. The molecule has 24 heavy (non-hydrogen) atoms. The van der Waals surface area contributed by atoms with Crippen LogP contribution in [0, 0.1) is 6.92 Å². The Morgan fingerprint density at radius 2 is 2.17 bits per heavy atom. The molecule has 2 atom stereocenters. The van der Waals surface area contributed by atoms with Gasteiger partial charge in [-0.25, -0.2) is 10.9 Å². The number of carbonyl (C=O) groups is 1. The Kier molecular flexibility index (Phi) is 3.99. The first-order valence-corrected chi connectivity index (χ1v) is 8.43. The predicted molar refractivity (Wildman–Crippen MR) is 89.0 cm³/mol. The average Bonchev–Trinajstić information content (AvgIpc) is 3.21. The Morgan fingerprint density at radius 3 is 3.00 bits per heavy atom. The molecular formula is C16H19ClN6O. The molecule has 3 heterocycles. The van der Waals surface area contributed by atoms with Crippen molar-refractivity contribution < 1.29 is 4.79 Å². The molecule has 1 saturated heterocycles. The number of hydrogen-bond acceptors (Lipinski definition) is 5. The second-order valence-electron chi connectivity index (χ2n) is 6.26. The first kappa shape index (κ1) is 15.6. The summed E-state index contributed by atoms with van der Waals surface area (Å²) in [6, 6.07) is 7.55. The summed E-state index contributed by atoms with van der Waals surface area (Å²) in [5.74, 6) is 1.85. The van der Waals surface area contributed by atoms with E-state index in [0.717, 1.165) is 23.8 Å². The lowest BCUT2D eigenvalue weighted by molar-refractivity contribution is -0.134. The Labute approximate surface area is 145 Å². The summed E-state index contributed by atoms with van der Waals surface area (Å²) in [7, 11) is 0. The quantitative estimate of drug-likeness (QED) is 0.854. The van der Waals surface area contributed by atoms with Crippen molar-refractivity contribution in [2.24, 2.45) is 0 Å². The number of benzene rings is 1. The molecule has 2 unspecified atom stereocenters. The average molecular weight is 347 g/mol. The number of nitrogens with one attached hydrogen (secondary N) is 2. The summed E-state index contributed by atoms with van der Waals surface area (Å²) in [6.45, 7) is 3.88. The SMILES string of the molecule is Cc1nnc2n1CCN(C(=O)C1CC(c3cccc(Cl)c3)NN1)C2. The van der Waals surface area contributed by atoms with Crippen LogP contribution in [0.2, 0.25) is 5.02 Å². The van der Waals surface area contributed by atoms with Gasteiger partial charge in [0, 0.05) is 24.2 Å². The fourth-order valence-corrected chi connectivity index (χ4v) is 3.57. The molecule has 2 N–H and O–H groups in total. The summed E-state index contributed by atoms with van der Waals surface area (Å²) in [5.41, 5.74) is 7.41. The lowest BCUT2D eigenvalue weighted by Gasteiger charge is -2.29. The predicted octanol–water partition coefficient (Wildman–Crippen LogP) is 1.19. The van der Waals surface area contributed by atoms with Gasteiger partial charge in [-0.1, -0.05) is 23.7 Å². The van der Waals surface area contributed by atoms with Crippen LogP contribution in [0.15, 0.2) is 24.3 Å². The van der Waals surface area contributed by atoms with Crippen LogP contribution in [0.3, 0.4) is 0 Å². The van der Waals surface area contributed by atoms with Gasteiger partial charge < -0.3 is 9.47 Å². The van der Waals surface area contributed by atoms with Gasteiger partial charge in [0.25, 0.3) is 0 Å². The van der Waals surface area contributed by atoms with Crippen LogP contribution >= 0.6 is 11.6 Å². The van der Waals surface area contributed by atoms with Gasteiger partial charge in [0.05, 0.1) is 6.54 Å². The van der Waals surface area contributed by atoms with E-state index in [2.05, 4.69) is 25.6 Å². The monoisotopic (exact) mass is 346 g/mol. The van der Waals surface area contributed by atoms with Gasteiger partial charge in [-0.2, -0.15) is 0 Å². The topological polar surface area (TPSA) is 75.1 Å². The van der Waals surface area contributed by atoms with Gasteiger partial charge in [0.15, 0.2) is 5.82 Å². The summed E-state index contributed by atoms with van der Waals surface area (Å²) in [5, 5.41) is 8.94. The molecule has 1 aromatic carbocycles. The fraction of sp³-hybridized carbons (Fsp3) is 0.438. The Morgan fingerprint density at radius 1 is 1.29 bits per heavy atom. The molecule has 2 aromatic rings. The zero-order valence-corrected chi connectivity index (χ0v) is 14.1. The van der Waals surface area contributed by atoms with Crippen LogP contribution in [-0.4, -0.2) is 38.2 Å². The number of hydrazine groups is 1. The standard InChI is InChI=1S/C16H19ClN6O/c1-10-18-21-15-9-22(5-6-23(10)15)16(24)14-8-13(19-20-14)11-3-2-4-12(17)7-11/h2-4,7,13-14,19-20H,5-6,8-9H2,1H3. The third-order valence-corrected chi connectivity index (χ3v) is 4.94. The number of amides is 1. The zero-order valence-electron chi connectivity index (χ0n) is 13.4. The Balaban J connectivity index is 1.43. The highest BCUT2D eigenvalue weighted by molar-refractivity contribution is 6.30. The normalized spacial score (nSPS) is 23.3. The summed E-state index contributed by atoms with van der Waals surface area (Å²) >= 11 is 6.06. The molecule has 1 aromatic heterocycles. The van der Waals surface area contributed by atoms with E-state index in [1.807, 2.05) is 36.1 Å². The van der Waals surface area contributed by atoms with Gasteiger partial charge in [-0.3, -0.25) is 4.79 Å². The van der Waals surface area contributed by atoms with Crippen LogP contribution in [0.4, 0.5) is 0 Å². The van der Waals surface area contributed by atoms with Crippen LogP contribution in [0.1, 0.15) is 29.7 Å². The maximum absolute atomic E-state index is 12.8. The number of nitrogens with zero attached hydrogens (tertiary/aromatic N) is 4. The highest BCUT2D eigenvalue weighted by Crippen LogP contribution is 2.26. The van der Waals surface area contributed by atoms with E-state index in [1.165, 1.54) is 0 Å². The first-order chi connectivity index (χ1) is 11.6. The second kappa shape index (κ2) is 6.16. The largest absolute Gasteiger partial charge is 0.332 e. The molecule has 0 spiro atoms. The molecular weight excluding hydrogens is 328 g/mol. The van der Waals surface area contributed by atoms with E-state index in [1.54, 1.807) is 0 Å². The van der Waals surface area contributed by atoms with Crippen molar-refractivity contribution >= 4 is 17.5 Å². The van der Waals surface area contributed by atoms with Gasteiger partial charge in [-0.15, -0.1) is 10.2 Å². The Bertz CT molecular complexity index is 776. The van der Waals surface area contributed by atoms with E-state index in [-0.39, 0.29) is 18.0 Å². The van der Waals surface area contributed by atoms with E-state index in [9.17, 15) is 4.79 Å². The number of halogens is 1. The molecule has 126 valence electrons. The van der Waals surface area contributed by atoms with Crippen LogP contribution < -0.4 is 10.9 Å². The Hall–Kier alpha value is -1.96. The minimum atomic E-state index is -0.246. The van der Waals surface area contributed by atoms with Crippen molar-refractivity contribution in [3.05, 3.63) is 46.5 Å². The van der Waals surface area contributed by atoms with Crippen LogP contribution in [0.25, 0.3) is 0 Å². The minimum absolute atomic E-state index is 0.0772. The molecule has 1 amide bonds. The fourth-order valence-electron chi connectivity index (χ4n) is 3.37. The summed E-state index contributed by atoms with van der Waals surface area (Å²) in [6.07, 6.45) is 0.696. The third kappa shape index (κ3) is 2.79. The molecule has 2 aliphatic heterocycles. The summed E-state index contributed by atoms with van der Waals surface area (Å²) in [4.78, 5) is 14.7. The maximum atomic E-state index is 12.8. The van der Waals surface area contributed by atoms with Crippen molar-refractivity contribution in [2.75, 3.05) is 6.54 Å². The minimum Gasteiger partial charge on any atom is -0.332 e. The smallest absolute Gasteiger partial charge is 0.241 e. The van der Waals surface area contributed by atoms with Crippen molar-refractivity contribution in [3.8, 4) is 0 Å². The van der Waals surface area contributed by atoms with Crippen molar-refractivity contribution in [2.45, 2.75) is 38.5 Å². The molecule has 2 aliphatic rings. The molecule has 7 nitrogen and oxygen atoms in total. The van der Waals surface area contributed by atoms with Crippen molar-refractivity contribution in [1.82, 2.24) is 30.5 Å². The molecule has 0 bridgehead atoms. The molecule has 8 heteroatoms. The number of aromatic nitrogens is 3. The zero-order chi connectivity index (χ0) is 16.7. The van der Waals surface area contributed by atoms with Gasteiger partial charge in [0.1, 0.15) is 11.9 Å². The number of carbonyl (C=O) groups excluding carboxylic acids is 1. The van der Waals surface area contributed by atoms with Gasteiger partial charge in [-0.05, 0) is 31.0 Å². The van der Waals surface area contributed by atoms with Crippen LogP contribution in [-0.2, 0) is 17.9 Å². The highest BCUT2D eigenvalue weighted by atomic mass is 35.5. The number of hydrogen-bond donors (Lipinski definition) is 2. The summed E-state index contributed by atoms with van der Waals surface area (Å²) < 4.78 is 2.07. The number of fused-ring (bicyclic) bond motifs is 1. The number of aryl methyl sites for hydroxylation is 1. The molecule has 1 fully saturated rings. The lowest BCUT2D eigenvalue weighted by atomic mass is 10.0. The van der Waals surface area contributed by atoms with Crippen LogP contribution in [0.5, 0.6) is 0 Å². The maximum Gasteiger partial charge on any atom is 0.241 e. The molecule has 0 radical (unpaired) electrons. The molecule has 0 saturated carbocycles. The third-order valence-electron chi connectivity index (χ3n) is 4.70. The van der Waals surface area contributed by atoms with Crippen molar-refractivity contribution in [1.29, 1.82) is 0 Å². The van der Waals surface area contributed by atoms with E-state index in [4.69, 9.17) is 11.6 Å². The highest BCUT2D eigenvalue weighted by Gasteiger charge is 2.34. The van der Waals surface area contributed by atoms with E-state index in [0.29, 0.717) is 24.5 Å².